The predicted octanol–water partition coefficient (Wildman–Crippen LogP) is 2.38. The zero-order valence-corrected chi connectivity index (χ0v) is 12.6. The van der Waals surface area contributed by atoms with Crippen LogP contribution < -0.4 is 10.6 Å². The van der Waals surface area contributed by atoms with Crippen LogP contribution >= 0.6 is 23.1 Å². The topological polar surface area (TPSA) is 66.9 Å². The summed E-state index contributed by atoms with van der Waals surface area (Å²) in [5, 5.41) is 13.2. The van der Waals surface area contributed by atoms with E-state index in [1.54, 1.807) is 5.32 Å². The minimum Gasteiger partial charge on any atom is -0.360 e. The molecule has 0 atom stereocenters. The number of nitrogens with one attached hydrogen (secondary N) is 2. The molecule has 1 aromatic heterocycles. The Kier molecular flexibility index (Phi) is 6.53. The minimum atomic E-state index is -4.39. The van der Waals surface area contributed by atoms with E-state index in [2.05, 4.69) is 29.4 Å². The molecule has 0 saturated carbocycles. The van der Waals surface area contributed by atoms with Gasteiger partial charge >= 0.3 is 6.18 Å². The highest BCUT2D eigenvalue weighted by molar-refractivity contribution is 8.01. The van der Waals surface area contributed by atoms with E-state index in [1.807, 2.05) is 0 Å². The van der Waals surface area contributed by atoms with Gasteiger partial charge < -0.3 is 10.6 Å². The lowest BCUT2D eigenvalue weighted by molar-refractivity contribution is -0.136. The fourth-order valence-electron chi connectivity index (χ4n) is 1.01. The predicted molar refractivity (Wildman–Crippen MR) is 73.0 cm³/mol. The third-order valence-electron chi connectivity index (χ3n) is 1.88. The Balaban J connectivity index is 2.29. The molecule has 5 nitrogen and oxygen atoms in total. The number of halogens is 3. The number of hydrogen-bond acceptors (Lipinski definition) is 6. The largest absolute Gasteiger partial charge is 0.405 e. The van der Waals surface area contributed by atoms with Gasteiger partial charge in [0.2, 0.25) is 11.0 Å². The van der Waals surface area contributed by atoms with Crippen LogP contribution in [0.2, 0.25) is 0 Å². The first-order chi connectivity index (χ1) is 9.26. The highest BCUT2D eigenvalue weighted by Crippen LogP contribution is 2.25. The molecule has 20 heavy (non-hydrogen) atoms. The zero-order valence-electron chi connectivity index (χ0n) is 11.0. The molecule has 0 unspecified atom stereocenters. The molecule has 0 radical (unpaired) electrons. The van der Waals surface area contributed by atoms with Gasteiger partial charge in [0, 0.05) is 6.54 Å². The number of alkyl halides is 3. The van der Waals surface area contributed by atoms with E-state index >= 15 is 0 Å². The maximum absolute atomic E-state index is 11.9. The average molecular weight is 328 g/mol. The summed E-state index contributed by atoms with van der Waals surface area (Å²) in [5.74, 6) is -0.336. The van der Waals surface area contributed by atoms with Crippen molar-refractivity contribution in [2.75, 3.05) is 24.2 Å². The quantitative estimate of drug-likeness (QED) is 0.752. The molecular formula is C10H15F3N4OS2. The highest BCUT2D eigenvalue weighted by atomic mass is 32.2. The summed E-state index contributed by atoms with van der Waals surface area (Å²) >= 11 is 2.33. The molecule has 0 saturated heterocycles. The number of carbonyl (C=O) groups is 1. The summed E-state index contributed by atoms with van der Waals surface area (Å²) < 4.78 is 36.2. The van der Waals surface area contributed by atoms with Gasteiger partial charge in [0.25, 0.3) is 0 Å². The number of hydrogen-bond donors (Lipinski definition) is 2. The van der Waals surface area contributed by atoms with Gasteiger partial charge in [0.15, 0.2) is 4.34 Å². The van der Waals surface area contributed by atoms with Crippen molar-refractivity contribution in [3.63, 3.8) is 0 Å². The molecule has 0 aromatic carbocycles. The van der Waals surface area contributed by atoms with Crippen LogP contribution in [-0.2, 0) is 4.79 Å². The summed E-state index contributed by atoms with van der Waals surface area (Å²) in [4.78, 5) is 11.2. The van der Waals surface area contributed by atoms with Crippen molar-refractivity contribution in [2.45, 2.75) is 24.4 Å². The molecule has 1 amide bonds. The van der Waals surface area contributed by atoms with E-state index in [1.165, 1.54) is 11.3 Å². The average Bonchev–Trinajstić information content (AvgIpc) is 2.78. The second kappa shape index (κ2) is 7.67. The number of carbonyl (C=O) groups excluding carboxylic acids is 1. The SMILES string of the molecule is CC(C)CNc1nnc(SCC(=O)NCC(F)(F)F)s1. The first kappa shape index (κ1) is 17.0. The molecule has 0 aliphatic carbocycles. The number of rotatable bonds is 7. The molecule has 0 aliphatic heterocycles. The van der Waals surface area contributed by atoms with Gasteiger partial charge in [-0.25, -0.2) is 0 Å². The van der Waals surface area contributed by atoms with Crippen molar-refractivity contribution >= 4 is 34.1 Å². The van der Waals surface area contributed by atoms with Crippen LogP contribution in [0.1, 0.15) is 13.8 Å². The number of anilines is 1. The lowest BCUT2D eigenvalue weighted by Gasteiger charge is -2.07. The Hall–Kier alpha value is -1.03. The maximum Gasteiger partial charge on any atom is 0.405 e. The molecule has 0 aliphatic rings. The van der Waals surface area contributed by atoms with E-state index in [9.17, 15) is 18.0 Å². The van der Waals surface area contributed by atoms with Crippen LogP contribution in [-0.4, -0.2) is 41.1 Å². The summed E-state index contributed by atoms with van der Waals surface area (Å²) in [6.07, 6.45) is -4.39. The molecule has 0 fully saturated rings. The van der Waals surface area contributed by atoms with Gasteiger partial charge in [-0.2, -0.15) is 13.2 Å². The normalized spacial score (nSPS) is 11.7. The van der Waals surface area contributed by atoms with Crippen molar-refractivity contribution in [3.05, 3.63) is 0 Å². The van der Waals surface area contributed by atoms with Gasteiger partial charge in [-0.05, 0) is 5.92 Å². The van der Waals surface area contributed by atoms with Crippen LogP contribution in [0.5, 0.6) is 0 Å². The third-order valence-corrected chi connectivity index (χ3v) is 3.90. The molecule has 0 bridgehead atoms. The third kappa shape index (κ3) is 7.53. The summed E-state index contributed by atoms with van der Waals surface area (Å²) in [5.41, 5.74) is 0. The summed E-state index contributed by atoms with van der Waals surface area (Å²) in [6.45, 7) is 3.54. The van der Waals surface area contributed by atoms with E-state index in [0.717, 1.165) is 18.3 Å². The molecular weight excluding hydrogens is 313 g/mol. The molecule has 2 N–H and O–H groups in total. The van der Waals surface area contributed by atoms with Crippen molar-refractivity contribution in [2.24, 2.45) is 5.92 Å². The Morgan fingerprint density at radius 1 is 1.40 bits per heavy atom. The van der Waals surface area contributed by atoms with E-state index < -0.39 is 18.6 Å². The molecule has 1 heterocycles. The number of amides is 1. The maximum atomic E-state index is 11.9. The minimum absolute atomic E-state index is 0.116. The van der Waals surface area contributed by atoms with Crippen molar-refractivity contribution in [1.29, 1.82) is 0 Å². The Labute approximate surface area is 122 Å². The number of thioether (sulfide) groups is 1. The second-order valence-corrected chi connectivity index (χ2v) is 6.53. The van der Waals surface area contributed by atoms with Gasteiger partial charge in [-0.3, -0.25) is 4.79 Å². The lowest BCUT2D eigenvalue weighted by atomic mass is 10.2. The summed E-state index contributed by atoms with van der Waals surface area (Å²) in [7, 11) is 0. The van der Waals surface area contributed by atoms with Crippen LogP contribution in [0.15, 0.2) is 4.34 Å². The van der Waals surface area contributed by atoms with Crippen molar-refractivity contribution < 1.29 is 18.0 Å². The van der Waals surface area contributed by atoms with Crippen LogP contribution in [0.25, 0.3) is 0 Å². The highest BCUT2D eigenvalue weighted by Gasteiger charge is 2.27. The molecule has 1 aromatic rings. The smallest absolute Gasteiger partial charge is 0.360 e. The number of aromatic nitrogens is 2. The standard InChI is InChI=1S/C10H15F3N4OS2/c1-6(2)3-14-8-16-17-9(20-8)19-4-7(18)15-5-10(11,12)13/h6H,3-5H2,1-2H3,(H,14,16)(H,15,18). The fourth-order valence-corrected chi connectivity index (χ4v) is 2.60. The molecule has 10 heteroatoms. The fraction of sp³-hybridized carbons (Fsp3) is 0.700. The van der Waals surface area contributed by atoms with Gasteiger partial charge in [0.05, 0.1) is 5.75 Å². The zero-order chi connectivity index (χ0) is 15.2. The molecule has 1 rings (SSSR count). The van der Waals surface area contributed by atoms with E-state index in [4.69, 9.17) is 0 Å². The first-order valence-corrected chi connectivity index (χ1v) is 7.60. The van der Waals surface area contributed by atoms with Crippen molar-refractivity contribution in [1.82, 2.24) is 15.5 Å². The van der Waals surface area contributed by atoms with Crippen molar-refractivity contribution in [3.8, 4) is 0 Å². The van der Waals surface area contributed by atoms with Gasteiger partial charge in [-0.1, -0.05) is 36.9 Å². The Bertz CT molecular complexity index is 436. The Morgan fingerprint density at radius 2 is 2.10 bits per heavy atom. The molecule has 0 spiro atoms. The second-order valence-electron chi connectivity index (χ2n) is 4.33. The Morgan fingerprint density at radius 3 is 2.70 bits per heavy atom. The summed E-state index contributed by atoms with van der Waals surface area (Å²) in [6, 6.07) is 0. The van der Waals surface area contributed by atoms with E-state index in [-0.39, 0.29) is 5.75 Å². The van der Waals surface area contributed by atoms with Crippen LogP contribution in [0.4, 0.5) is 18.3 Å². The van der Waals surface area contributed by atoms with Crippen LogP contribution in [0.3, 0.4) is 0 Å². The number of nitrogens with zero attached hydrogens (tertiary/aromatic N) is 2. The van der Waals surface area contributed by atoms with E-state index in [0.29, 0.717) is 15.4 Å². The van der Waals surface area contributed by atoms with Gasteiger partial charge in [-0.15, -0.1) is 10.2 Å². The van der Waals surface area contributed by atoms with Gasteiger partial charge in [0.1, 0.15) is 6.54 Å². The first-order valence-electron chi connectivity index (χ1n) is 5.80. The monoisotopic (exact) mass is 328 g/mol. The van der Waals surface area contributed by atoms with Crippen LogP contribution in [0, 0.1) is 5.92 Å². The molecule has 114 valence electrons. The lowest BCUT2D eigenvalue weighted by Crippen LogP contribution is -2.34.